The second kappa shape index (κ2) is 13.2. The molecule has 2 aromatic carbocycles. The molecular formula is C31H36ClN7O4. The Labute approximate surface area is 256 Å². The van der Waals surface area contributed by atoms with E-state index in [2.05, 4.69) is 37.0 Å². The Hall–Kier alpha value is -3.90. The van der Waals surface area contributed by atoms with Crippen LogP contribution < -0.4 is 25.3 Å². The van der Waals surface area contributed by atoms with Gasteiger partial charge in [0.25, 0.3) is 0 Å². The molecule has 0 bridgehead atoms. The summed E-state index contributed by atoms with van der Waals surface area (Å²) in [5.41, 5.74) is 3.30. The minimum atomic E-state index is -0.287. The number of hydroxylamine groups is 1. The molecule has 2 unspecified atom stereocenters. The number of anilines is 5. The molecule has 0 saturated carbocycles. The maximum atomic E-state index is 12.5. The van der Waals surface area contributed by atoms with Crippen LogP contribution in [0.15, 0.2) is 61.4 Å². The first kappa shape index (κ1) is 29.2. The van der Waals surface area contributed by atoms with E-state index >= 15 is 0 Å². The van der Waals surface area contributed by atoms with Crippen LogP contribution in [0.25, 0.3) is 0 Å². The van der Waals surface area contributed by atoms with E-state index in [4.69, 9.17) is 25.9 Å². The van der Waals surface area contributed by atoms with Crippen LogP contribution >= 0.6 is 11.6 Å². The molecule has 3 aliphatic heterocycles. The number of halogens is 1. The zero-order valence-electron chi connectivity index (χ0n) is 24.2. The number of hydrogen-bond donors (Lipinski definition) is 2. The Bertz CT molecular complexity index is 1450. The van der Waals surface area contributed by atoms with E-state index < -0.39 is 0 Å². The number of carbonyl (C=O) groups is 1. The second-order valence-corrected chi connectivity index (χ2v) is 11.1. The number of nitrogens with zero attached hydrogens (tertiary/aromatic N) is 5. The van der Waals surface area contributed by atoms with Crippen LogP contribution in [0.4, 0.5) is 28.7 Å². The second-order valence-electron chi connectivity index (χ2n) is 10.7. The summed E-state index contributed by atoms with van der Waals surface area (Å²) < 4.78 is 11.4. The molecule has 11 nitrogen and oxygen atoms in total. The van der Waals surface area contributed by atoms with Gasteiger partial charge in [-0.05, 0) is 36.3 Å². The lowest BCUT2D eigenvalue weighted by Crippen LogP contribution is -2.44. The number of rotatable bonds is 9. The maximum absolute atomic E-state index is 12.5. The number of morpholine rings is 1. The molecule has 43 heavy (non-hydrogen) atoms. The van der Waals surface area contributed by atoms with Crippen LogP contribution in [0.3, 0.4) is 0 Å². The van der Waals surface area contributed by atoms with E-state index in [1.165, 1.54) is 12.4 Å². The van der Waals surface area contributed by atoms with E-state index in [-0.39, 0.29) is 11.9 Å². The summed E-state index contributed by atoms with van der Waals surface area (Å²) in [4.78, 5) is 32.2. The average Bonchev–Trinajstić information content (AvgIpc) is 3.73. The van der Waals surface area contributed by atoms with Crippen molar-refractivity contribution in [2.24, 2.45) is 0 Å². The average molecular weight is 606 g/mol. The molecule has 0 radical (unpaired) electrons. The number of ether oxygens (including phenoxy) is 2. The summed E-state index contributed by atoms with van der Waals surface area (Å²) in [5, 5.41) is 8.86. The fourth-order valence-corrected chi connectivity index (χ4v) is 6.07. The number of carbonyl (C=O) groups excluding carboxylic acids is 1. The predicted octanol–water partition coefficient (Wildman–Crippen LogP) is 4.80. The lowest BCUT2D eigenvalue weighted by molar-refractivity contribution is -0.111. The van der Waals surface area contributed by atoms with Gasteiger partial charge in [-0.3, -0.25) is 14.5 Å². The Morgan fingerprint density at radius 3 is 2.65 bits per heavy atom. The largest absolute Gasteiger partial charge is 0.494 e. The number of benzene rings is 2. The fourth-order valence-electron chi connectivity index (χ4n) is 5.94. The molecule has 1 amide bonds. The first-order valence-electron chi connectivity index (χ1n) is 14.5. The highest BCUT2D eigenvalue weighted by atomic mass is 35.5. The van der Waals surface area contributed by atoms with E-state index in [1.54, 1.807) is 7.11 Å². The molecule has 6 rings (SSSR count). The number of methoxy groups -OCH3 is 1. The van der Waals surface area contributed by atoms with Gasteiger partial charge in [-0.2, -0.15) is 0 Å². The van der Waals surface area contributed by atoms with Crippen molar-refractivity contribution in [2.45, 2.75) is 24.9 Å². The summed E-state index contributed by atoms with van der Waals surface area (Å²) in [6.07, 6.45) is 4.62. The van der Waals surface area contributed by atoms with E-state index in [9.17, 15) is 4.79 Å². The van der Waals surface area contributed by atoms with Crippen molar-refractivity contribution in [3.63, 3.8) is 0 Å². The summed E-state index contributed by atoms with van der Waals surface area (Å²) in [7, 11) is 1.63. The maximum Gasteiger partial charge on any atom is 0.247 e. The molecule has 3 fully saturated rings. The zero-order valence-corrected chi connectivity index (χ0v) is 24.9. The number of hydrogen-bond acceptors (Lipinski definition) is 10. The molecule has 2 N–H and O–H groups in total. The number of amides is 1. The SMILES string of the molecule is C=CC(=O)Nc1cc(Nc2cc(N3OCCC3c3ccc(Cl)cc3)ncn2)c(OC)cc1N1CCC(N2CCOCC2)C1. The summed E-state index contributed by atoms with van der Waals surface area (Å²) in [6, 6.07) is 13.9. The standard InChI is InChI=1S/C31H36ClN7O4/c1-3-31(40)36-24-16-25(28(41-2)17-27(24)38-10-8-23(19-38)37-11-14-42-15-12-37)35-29-18-30(34-20-33-29)39-26(9-13-43-39)21-4-6-22(32)7-5-21/h3-7,16-18,20,23,26H,1,8-15,19H2,2H3,(H,36,40)(H,33,34,35). The van der Waals surface area contributed by atoms with Crippen molar-refractivity contribution >= 4 is 46.2 Å². The minimum Gasteiger partial charge on any atom is -0.494 e. The lowest BCUT2D eigenvalue weighted by atomic mass is 10.0. The smallest absolute Gasteiger partial charge is 0.247 e. The van der Waals surface area contributed by atoms with Crippen molar-refractivity contribution in [1.29, 1.82) is 0 Å². The van der Waals surface area contributed by atoms with Gasteiger partial charge in [-0.25, -0.2) is 15.0 Å². The molecule has 3 aromatic rings. The highest BCUT2D eigenvalue weighted by molar-refractivity contribution is 6.30. The monoisotopic (exact) mass is 605 g/mol. The molecule has 2 atom stereocenters. The fraction of sp³-hybridized carbons (Fsp3) is 0.387. The quantitative estimate of drug-likeness (QED) is 0.331. The van der Waals surface area contributed by atoms with Gasteiger partial charge in [0.2, 0.25) is 5.91 Å². The Kier molecular flexibility index (Phi) is 8.94. The normalized spacial score (nSPS) is 20.7. The summed E-state index contributed by atoms with van der Waals surface area (Å²) in [6.45, 7) is 9.34. The van der Waals surface area contributed by atoms with Crippen molar-refractivity contribution in [1.82, 2.24) is 14.9 Å². The predicted molar refractivity (Wildman–Crippen MR) is 167 cm³/mol. The van der Waals surface area contributed by atoms with Crippen LogP contribution in [0.2, 0.25) is 5.02 Å². The van der Waals surface area contributed by atoms with Gasteiger partial charge in [-0.1, -0.05) is 30.3 Å². The highest BCUT2D eigenvalue weighted by Crippen LogP contribution is 2.41. The molecule has 226 valence electrons. The van der Waals surface area contributed by atoms with Crippen LogP contribution in [0.1, 0.15) is 24.4 Å². The number of nitrogens with one attached hydrogen (secondary N) is 2. The highest BCUT2D eigenvalue weighted by Gasteiger charge is 2.31. The minimum absolute atomic E-state index is 0.00342. The third-order valence-electron chi connectivity index (χ3n) is 8.13. The Morgan fingerprint density at radius 1 is 1.07 bits per heavy atom. The van der Waals surface area contributed by atoms with E-state index in [0.717, 1.165) is 63.5 Å². The third kappa shape index (κ3) is 6.54. The molecule has 0 spiro atoms. The molecular weight excluding hydrogens is 570 g/mol. The van der Waals surface area contributed by atoms with Crippen molar-refractivity contribution < 1.29 is 19.1 Å². The molecule has 3 saturated heterocycles. The van der Waals surface area contributed by atoms with Crippen molar-refractivity contribution in [2.75, 3.05) is 73.7 Å². The zero-order chi connectivity index (χ0) is 29.8. The lowest BCUT2D eigenvalue weighted by Gasteiger charge is -2.32. The first-order chi connectivity index (χ1) is 21.0. The van der Waals surface area contributed by atoms with Gasteiger partial charge in [0, 0.05) is 55.8 Å². The summed E-state index contributed by atoms with van der Waals surface area (Å²) >= 11 is 6.11. The molecule has 1 aromatic heterocycles. The first-order valence-corrected chi connectivity index (χ1v) is 14.9. The summed E-state index contributed by atoms with van der Waals surface area (Å²) in [5.74, 6) is 1.51. The Morgan fingerprint density at radius 2 is 1.88 bits per heavy atom. The van der Waals surface area contributed by atoms with E-state index in [1.807, 2.05) is 47.5 Å². The third-order valence-corrected chi connectivity index (χ3v) is 8.38. The van der Waals surface area contributed by atoms with Gasteiger partial charge >= 0.3 is 0 Å². The van der Waals surface area contributed by atoms with Gasteiger partial charge < -0.3 is 25.0 Å². The van der Waals surface area contributed by atoms with Crippen LogP contribution in [-0.4, -0.2) is 79.9 Å². The van der Waals surface area contributed by atoms with Crippen molar-refractivity contribution in [3.8, 4) is 5.75 Å². The molecule has 12 heteroatoms. The van der Waals surface area contributed by atoms with Crippen LogP contribution in [-0.2, 0) is 14.4 Å². The van der Waals surface area contributed by atoms with Gasteiger partial charge in [0.15, 0.2) is 5.82 Å². The van der Waals surface area contributed by atoms with Crippen LogP contribution in [0.5, 0.6) is 5.75 Å². The van der Waals surface area contributed by atoms with Crippen LogP contribution in [0, 0.1) is 0 Å². The topological polar surface area (TPSA) is 104 Å². The molecule has 0 aliphatic carbocycles. The van der Waals surface area contributed by atoms with Gasteiger partial charge in [0.1, 0.15) is 17.9 Å². The molecule has 3 aliphatic rings. The number of aromatic nitrogens is 2. The van der Waals surface area contributed by atoms with Crippen molar-refractivity contribution in [3.05, 3.63) is 72.0 Å². The van der Waals surface area contributed by atoms with Gasteiger partial charge in [0.05, 0.1) is 50.0 Å². The van der Waals surface area contributed by atoms with E-state index in [0.29, 0.717) is 46.4 Å². The van der Waals surface area contributed by atoms with Gasteiger partial charge in [-0.15, -0.1) is 0 Å². The molecule has 4 heterocycles. The Balaban J connectivity index is 1.26.